The number of carbonyl (C=O) groups is 1. The van der Waals surface area contributed by atoms with E-state index >= 15 is 0 Å². The van der Waals surface area contributed by atoms with Crippen LogP contribution < -0.4 is 17.5 Å². The second kappa shape index (κ2) is 12.8. The number of carbonyl (C=O) groups excluding carboxylic acids is 1. The van der Waals surface area contributed by atoms with E-state index < -0.39 is 5.97 Å². The van der Waals surface area contributed by atoms with Gasteiger partial charge in [-0.25, -0.2) is 0 Å². The summed E-state index contributed by atoms with van der Waals surface area (Å²) in [7, 11) is 11.6. The predicted molar refractivity (Wildman–Crippen MR) is 65.4 cm³/mol. The number of carboxylic acids is 1. The summed E-state index contributed by atoms with van der Waals surface area (Å²) in [4.78, 5) is 9.14. The van der Waals surface area contributed by atoms with Crippen molar-refractivity contribution < 1.29 is 41.5 Å². The zero-order valence-corrected chi connectivity index (χ0v) is 12.9. The molecule has 0 amide bonds. The van der Waals surface area contributed by atoms with Crippen LogP contribution in [-0.2, 0) is 4.79 Å². The van der Waals surface area contributed by atoms with Crippen molar-refractivity contribution in [1.82, 2.24) is 0 Å². The van der Waals surface area contributed by atoms with E-state index in [9.17, 15) is 0 Å². The van der Waals surface area contributed by atoms with Crippen LogP contribution in [0.15, 0.2) is 12.7 Å². The Morgan fingerprint density at radius 1 is 1.06 bits per heavy atom. The largest absolute Gasteiger partial charge is 1.00 e. The van der Waals surface area contributed by atoms with Gasteiger partial charge >= 0.3 is 0 Å². The van der Waals surface area contributed by atoms with Gasteiger partial charge in [-0.05, 0) is 6.08 Å². The molecule has 112 valence electrons. The van der Waals surface area contributed by atoms with Gasteiger partial charge in [0.2, 0.25) is 0 Å². The third-order valence-electron chi connectivity index (χ3n) is 1.02. The Kier molecular flexibility index (Phi) is 18.5. The zero-order valence-electron chi connectivity index (χ0n) is 12.2. The molecule has 2 N–H and O–H groups in total. The van der Waals surface area contributed by atoms with E-state index in [1.165, 1.54) is 0 Å². The van der Waals surface area contributed by atoms with E-state index in [0.717, 1.165) is 6.08 Å². The van der Waals surface area contributed by atoms with Crippen LogP contribution in [-0.4, -0.2) is 80.9 Å². The van der Waals surface area contributed by atoms with Crippen molar-refractivity contribution >= 4 is 5.97 Å². The maximum atomic E-state index is 9.14. The second-order valence-electron chi connectivity index (χ2n) is 5.39. The van der Waals surface area contributed by atoms with Crippen molar-refractivity contribution in [2.24, 2.45) is 0 Å². The van der Waals surface area contributed by atoms with E-state index in [4.69, 9.17) is 20.1 Å². The van der Waals surface area contributed by atoms with Gasteiger partial charge in [-0.1, -0.05) is 6.58 Å². The Hall–Kier alpha value is -0.660. The number of aliphatic carboxylic acids is 1. The summed E-state index contributed by atoms with van der Waals surface area (Å²) in [5.41, 5.74) is 0. The number of nitrogens with zero attached hydrogens (tertiary/aromatic N) is 2. The van der Waals surface area contributed by atoms with Gasteiger partial charge in [-0.2, -0.15) is 0 Å². The van der Waals surface area contributed by atoms with Gasteiger partial charge in [0.05, 0.1) is 48.3 Å². The highest BCUT2D eigenvalue weighted by Crippen LogP contribution is 1.81. The minimum Gasteiger partial charge on any atom is -1.00 e. The van der Waals surface area contributed by atoms with Crippen LogP contribution in [0.4, 0.5) is 0 Å². The van der Waals surface area contributed by atoms with Crippen LogP contribution in [0.3, 0.4) is 0 Å². The van der Waals surface area contributed by atoms with Gasteiger partial charge in [0, 0.05) is 0 Å². The first-order valence-corrected chi connectivity index (χ1v) is 5.05. The van der Waals surface area contributed by atoms with Crippen molar-refractivity contribution in [2.45, 2.75) is 0 Å². The van der Waals surface area contributed by atoms with Gasteiger partial charge in [-0.3, -0.25) is 0 Å². The standard InChI is InChI=1S/2C4H12NO.C3H4O2.ClH/c2*1-5(2,3)4-6;1-2-3(4)5;/h2*6H,4H2,1-3H3;2H,1H2,(H,4,5);1H/q2*+1;;/p-2. The van der Waals surface area contributed by atoms with E-state index in [2.05, 4.69) is 6.58 Å². The molecule has 6 nitrogen and oxygen atoms in total. The molecule has 7 heteroatoms. The monoisotopic (exact) mass is 286 g/mol. The van der Waals surface area contributed by atoms with Crippen LogP contribution in [0.5, 0.6) is 0 Å². The van der Waals surface area contributed by atoms with Crippen molar-refractivity contribution in [3.8, 4) is 0 Å². The molecule has 18 heavy (non-hydrogen) atoms. The first-order valence-electron chi connectivity index (χ1n) is 5.05. The Bertz CT molecular complexity index is 196. The van der Waals surface area contributed by atoms with E-state index in [0.29, 0.717) is 8.97 Å². The molecule has 0 unspecified atom stereocenters. The number of halogens is 1. The molecule has 0 spiro atoms. The topological polar surface area (TPSA) is 80.6 Å². The van der Waals surface area contributed by atoms with Crippen molar-refractivity contribution in [2.75, 3.05) is 55.7 Å². The fraction of sp³-hybridized carbons (Fsp3) is 0.727. The van der Waals surface area contributed by atoms with Gasteiger partial charge in [0.1, 0.15) is 0 Å². The van der Waals surface area contributed by atoms with Gasteiger partial charge in [0.25, 0.3) is 0 Å². The molecular weight excluding hydrogens is 260 g/mol. The van der Waals surface area contributed by atoms with Crippen LogP contribution >= 0.6 is 0 Å². The Balaban J connectivity index is -0.0000000799. The number of aliphatic hydroxyl groups is 2. The number of rotatable bonds is 3. The van der Waals surface area contributed by atoms with Crippen molar-refractivity contribution in [3.05, 3.63) is 12.7 Å². The quantitative estimate of drug-likeness (QED) is 0.310. The highest BCUT2D eigenvalue weighted by atomic mass is 35.5. The lowest BCUT2D eigenvalue weighted by molar-refractivity contribution is -0.889. The molecule has 0 fully saturated rings. The molecule has 0 aliphatic heterocycles. The summed E-state index contributed by atoms with van der Waals surface area (Å²) in [6, 6.07) is 0. The summed E-state index contributed by atoms with van der Waals surface area (Å²) in [5.74, 6) is -1.23. The van der Waals surface area contributed by atoms with Gasteiger partial charge < -0.3 is 41.5 Å². The molecule has 0 saturated carbocycles. The summed E-state index contributed by atoms with van der Waals surface area (Å²) >= 11 is 0. The minimum absolute atomic E-state index is 0. The lowest BCUT2D eigenvalue weighted by Crippen LogP contribution is -3.00. The third kappa shape index (κ3) is 58.6. The summed E-state index contributed by atoms with van der Waals surface area (Å²) in [6.45, 7) is 3.31. The number of aliphatic hydroxyl groups excluding tert-OH is 2. The van der Waals surface area contributed by atoms with E-state index in [-0.39, 0.29) is 25.9 Å². The molecule has 0 radical (unpaired) electrons. The van der Waals surface area contributed by atoms with Crippen LogP contribution in [0.2, 0.25) is 0 Å². The first kappa shape index (κ1) is 26.0. The zero-order chi connectivity index (χ0) is 14.7. The fourth-order valence-corrected chi connectivity index (χ4v) is 0. The molecule has 0 aromatic carbocycles. The third-order valence-corrected chi connectivity index (χ3v) is 1.02. The molecular formula is C11H27ClN2O4. The average Bonchev–Trinajstić information content (AvgIpc) is 2.17. The summed E-state index contributed by atoms with van der Waals surface area (Å²) in [6.07, 6.45) is 0.722. The van der Waals surface area contributed by atoms with Crippen LogP contribution in [0, 0.1) is 0 Å². The molecule has 0 aromatic rings. The van der Waals surface area contributed by atoms with Gasteiger partial charge in [0.15, 0.2) is 13.5 Å². The Labute approximate surface area is 116 Å². The average molecular weight is 287 g/mol. The van der Waals surface area contributed by atoms with Crippen LogP contribution in [0.25, 0.3) is 0 Å². The maximum Gasteiger partial charge on any atom is 0.179 e. The molecule has 0 aliphatic rings. The number of quaternary nitrogens is 2. The number of carboxylic acid groups (broad SMARTS) is 1. The number of hydrogen-bond donors (Lipinski definition) is 2. The minimum atomic E-state index is -1.23. The van der Waals surface area contributed by atoms with E-state index in [1.54, 1.807) is 0 Å². The van der Waals surface area contributed by atoms with Crippen LogP contribution in [0.1, 0.15) is 0 Å². The Morgan fingerprint density at radius 2 is 1.17 bits per heavy atom. The summed E-state index contributed by atoms with van der Waals surface area (Å²) < 4.78 is 1.25. The molecule has 0 aliphatic carbocycles. The normalized spacial score (nSPS) is 9.78. The lowest BCUT2D eigenvalue weighted by atomic mass is 10.7. The number of hydrogen-bond acceptors (Lipinski definition) is 4. The molecule has 0 atom stereocenters. The van der Waals surface area contributed by atoms with Gasteiger partial charge in [-0.15, -0.1) is 0 Å². The fourth-order valence-electron chi connectivity index (χ4n) is 0. The molecule has 0 bridgehead atoms. The molecule has 0 rings (SSSR count). The first-order chi connectivity index (χ1) is 7.39. The molecule has 0 heterocycles. The highest BCUT2D eigenvalue weighted by molar-refractivity contribution is 5.76. The lowest BCUT2D eigenvalue weighted by Gasteiger charge is -2.19. The SMILES string of the molecule is C=CC(=O)[O-].C[N+](C)(C)CO.C[N+](C)(C)CO.[Cl-]. The molecule has 0 aromatic heterocycles. The Morgan fingerprint density at radius 3 is 1.17 bits per heavy atom. The van der Waals surface area contributed by atoms with E-state index in [1.807, 2.05) is 42.3 Å². The highest BCUT2D eigenvalue weighted by Gasteiger charge is 1.99. The van der Waals surface area contributed by atoms with Crippen molar-refractivity contribution in [3.63, 3.8) is 0 Å². The molecule has 0 saturated heterocycles. The van der Waals surface area contributed by atoms with Crippen molar-refractivity contribution in [1.29, 1.82) is 0 Å². The summed E-state index contributed by atoms with van der Waals surface area (Å²) in [5, 5.41) is 25.9. The predicted octanol–water partition coefficient (Wildman–Crippen LogP) is -4.79. The maximum absolute atomic E-state index is 9.14. The second-order valence-corrected chi connectivity index (χ2v) is 5.39. The smallest absolute Gasteiger partial charge is 0.179 e.